The lowest BCUT2D eigenvalue weighted by Gasteiger charge is -2.15. The largest absolute Gasteiger partial charge is 0.507 e. The lowest BCUT2D eigenvalue weighted by molar-refractivity contribution is 0.101. The Morgan fingerprint density at radius 1 is 1.18 bits per heavy atom. The molecule has 1 rings (SSSR count). The Morgan fingerprint density at radius 3 is 2.45 bits per heavy atom. The van der Waals surface area contributed by atoms with Crippen LogP contribution in [0.1, 0.15) is 86.2 Å². The summed E-state index contributed by atoms with van der Waals surface area (Å²) in [6.07, 6.45) is 8.85. The minimum atomic E-state index is -0.212. The molecule has 0 amide bonds. The number of phenolic OH excluding ortho intramolecular Hbond substituents is 1. The van der Waals surface area contributed by atoms with Crippen LogP contribution >= 0.6 is 11.6 Å². The number of aromatic hydroxyl groups is 1. The summed E-state index contributed by atoms with van der Waals surface area (Å²) in [6, 6.07) is 3.80. The van der Waals surface area contributed by atoms with E-state index in [-0.39, 0.29) is 17.4 Å². The normalized spacial score (nSPS) is 12.4. The van der Waals surface area contributed by atoms with Gasteiger partial charge in [0.2, 0.25) is 0 Å². The molecule has 2 nitrogen and oxygen atoms in total. The van der Waals surface area contributed by atoms with Gasteiger partial charge < -0.3 is 5.11 Å². The highest BCUT2D eigenvalue weighted by Gasteiger charge is 2.16. The second kappa shape index (κ2) is 9.89. The Bertz CT molecular complexity index is 483. The van der Waals surface area contributed by atoms with Gasteiger partial charge in [-0.1, -0.05) is 58.4 Å². The summed E-state index contributed by atoms with van der Waals surface area (Å²) >= 11 is 5.63. The second-order valence-electron chi connectivity index (χ2n) is 6.25. The third-order valence-electron chi connectivity index (χ3n) is 4.30. The molecule has 22 heavy (non-hydrogen) atoms. The van der Waals surface area contributed by atoms with Crippen molar-refractivity contribution in [3.63, 3.8) is 0 Å². The van der Waals surface area contributed by atoms with Gasteiger partial charge in [0, 0.05) is 0 Å². The predicted molar refractivity (Wildman–Crippen MR) is 94.3 cm³/mol. The number of rotatable bonds is 10. The van der Waals surface area contributed by atoms with Crippen molar-refractivity contribution in [2.24, 2.45) is 0 Å². The Hall–Kier alpha value is -1.02. The van der Waals surface area contributed by atoms with Crippen molar-refractivity contribution in [3.8, 4) is 5.75 Å². The van der Waals surface area contributed by atoms with Gasteiger partial charge in [0.15, 0.2) is 5.78 Å². The Morgan fingerprint density at radius 2 is 1.82 bits per heavy atom. The average molecular weight is 325 g/mol. The van der Waals surface area contributed by atoms with Crippen LogP contribution in [0.2, 0.25) is 0 Å². The van der Waals surface area contributed by atoms with E-state index in [0.717, 1.165) is 17.5 Å². The maximum Gasteiger partial charge on any atom is 0.181 e. The third kappa shape index (κ3) is 5.64. The molecule has 0 saturated heterocycles. The van der Waals surface area contributed by atoms with Crippen LogP contribution in [-0.2, 0) is 0 Å². The van der Waals surface area contributed by atoms with Gasteiger partial charge in [0.1, 0.15) is 5.75 Å². The molecule has 0 radical (unpaired) electrons. The smallest absolute Gasteiger partial charge is 0.181 e. The molecule has 0 aliphatic rings. The van der Waals surface area contributed by atoms with Crippen LogP contribution in [0, 0.1) is 6.92 Å². The minimum Gasteiger partial charge on any atom is -0.507 e. The van der Waals surface area contributed by atoms with Gasteiger partial charge in [-0.3, -0.25) is 4.79 Å². The zero-order valence-electron chi connectivity index (χ0n) is 14.1. The van der Waals surface area contributed by atoms with E-state index in [1.165, 1.54) is 38.5 Å². The van der Waals surface area contributed by atoms with Crippen molar-refractivity contribution in [2.45, 2.75) is 71.6 Å². The Balaban J connectivity index is 2.63. The third-order valence-corrected chi connectivity index (χ3v) is 4.55. The lowest BCUT2D eigenvalue weighted by Crippen LogP contribution is -2.04. The van der Waals surface area contributed by atoms with E-state index < -0.39 is 0 Å². The van der Waals surface area contributed by atoms with Gasteiger partial charge in [-0.25, -0.2) is 0 Å². The number of benzene rings is 1. The van der Waals surface area contributed by atoms with Crippen molar-refractivity contribution in [1.82, 2.24) is 0 Å². The molecule has 124 valence electrons. The molecule has 1 N–H and O–H groups in total. The van der Waals surface area contributed by atoms with Gasteiger partial charge in [-0.15, -0.1) is 11.6 Å². The van der Waals surface area contributed by atoms with Gasteiger partial charge in [-0.05, 0) is 36.5 Å². The molecule has 1 aromatic rings. The molecule has 0 saturated carbocycles. The van der Waals surface area contributed by atoms with Crippen molar-refractivity contribution >= 4 is 17.4 Å². The molecule has 0 aliphatic carbocycles. The fourth-order valence-corrected chi connectivity index (χ4v) is 2.92. The summed E-state index contributed by atoms with van der Waals surface area (Å²) < 4.78 is 0. The number of carbonyl (C=O) groups is 1. The van der Waals surface area contributed by atoms with E-state index in [1.807, 2.05) is 19.1 Å². The average Bonchev–Trinajstić information content (AvgIpc) is 2.52. The Kier molecular flexibility index (Phi) is 8.55. The van der Waals surface area contributed by atoms with Crippen LogP contribution in [0.4, 0.5) is 0 Å². The standard InChI is InChI=1S/C19H29ClO2/c1-4-5-6-7-8-9-10-14(2)16-11-15(3)19(22)17(12-16)18(21)13-20/h11-12,14,22H,4-10,13H2,1-3H3. The quantitative estimate of drug-likeness (QED) is 0.327. The van der Waals surface area contributed by atoms with E-state index in [4.69, 9.17) is 11.6 Å². The van der Waals surface area contributed by atoms with E-state index in [1.54, 1.807) is 0 Å². The van der Waals surface area contributed by atoms with E-state index in [9.17, 15) is 9.90 Å². The molecule has 0 bridgehead atoms. The highest BCUT2D eigenvalue weighted by molar-refractivity contribution is 6.30. The molecule has 0 fully saturated rings. The summed E-state index contributed by atoms with van der Waals surface area (Å²) in [4.78, 5) is 11.8. The fourth-order valence-electron chi connectivity index (χ4n) is 2.77. The fraction of sp³-hybridized carbons (Fsp3) is 0.632. The number of phenols is 1. The van der Waals surface area contributed by atoms with Crippen molar-refractivity contribution in [1.29, 1.82) is 0 Å². The minimum absolute atomic E-state index is 0.0705. The molecule has 3 heteroatoms. The van der Waals surface area contributed by atoms with Gasteiger partial charge in [0.05, 0.1) is 11.4 Å². The molecular weight excluding hydrogens is 296 g/mol. The summed E-state index contributed by atoms with van der Waals surface area (Å²) in [5.41, 5.74) is 2.23. The molecule has 1 aromatic carbocycles. The van der Waals surface area contributed by atoms with Gasteiger partial charge >= 0.3 is 0 Å². The number of aryl methyl sites for hydroxylation is 1. The first-order valence-corrected chi connectivity index (χ1v) is 8.97. The number of halogens is 1. The number of carbonyl (C=O) groups excluding carboxylic acids is 1. The highest BCUT2D eigenvalue weighted by Crippen LogP contribution is 2.30. The van der Waals surface area contributed by atoms with Crippen molar-refractivity contribution < 1.29 is 9.90 Å². The first-order valence-electron chi connectivity index (χ1n) is 8.43. The van der Waals surface area contributed by atoms with Crippen LogP contribution in [0.15, 0.2) is 12.1 Å². The number of hydrogen-bond acceptors (Lipinski definition) is 2. The van der Waals surface area contributed by atoms with E-state index in [2.05, 4.69) is 13.8 Å². The molecule has 0 aliphatic heterocycles. The molecule has 1 unspecified atom stereocenters. The first kappa shape index (κ1) is 19.0. The summed E-state index contributed by atoms with van der Waals surface area (Å²) in [7, 11) is 0. The molecule has 1 atom stereocenters. The van der Waals surface area contributed by atoms with Crippen LogP contribution in [0.25, 0.3) is 0 Å². The molecular formula is C19H29ClO2. The SMILES string of the molecule is CCCCCCCCC(C)c1cc(C)c(O)c(C(=O)CCl)c1. The maximum absolute atomic E-state index is 11.8. The monoisotopic (exact) mass is 324 g/mol. The zero-order valence-corrected chi connectivity index (χ0v) is 14.9. The molecule has 0 spiro atoms. The lowest BCUT2D eigenvalue weighted by atomic mass is 9.91. The number of alkyl halides is 1. The van der Waals surface area contributed by atoms with Crippen LogP contribution in [-0.4, -0.2) is 16.8 Å². The topological polar surface area (TPSA) is 37.3 Å². The zero-order chi connectivity index (χ0) is 16.5. The van der Waals surface area contributed by atoms with E-state index >= 15 is 0 Å². The number of ketones is 1. The Labute approximate surface area is 139 Å². The summed E-state index contributed by atoms with van der Waals surface area (Å²) in [5.74, 6) is 0.159. The summed E-state index contributed by atoms with van der Waals surface area (Å²) in [5, 5.41) is 10.0. The highest BCUT2D eigenvalue weighted by atomic mass is 35.5. The second-order valence-corrected chi connectivity index (χ2v) is 6.52. The number of unbranched alkanes of at least 4 members (excludes halogenated alkanes) is 5. The van der Waals surface area contributed by atoms with Gasteiger partial charge in [-0.2, -0.15) is 0 Å². The van der Waals surface area contributed by atoms with Crippen LogP contribution in [0.3, 0.4) is 0 Å². The predicted octanol–water partition coefficient (Wildman–Crippen LogP) is 5.98. The summed E-state index contributed by atoms with van der Waals surface area (Å²) in [6.45, 7) is 6.25. The maximum atomic E-state index is 11.8. The number of Topliss-reactive ketones (excluding diaryl/α,β-unsaturated/α-hetero) is 1. The molecule has 0 aromatic heterocycles. The van der Waals surface area contributed by atoms with Crippen LogP contribution < -0.4 is 0 Å². The van der Waals surface area contributed by atoms with Crippen molar-refractivity contribution in [3.05, 3.63) is 28.8 Å². The van der Waals surface area contributed by atoms with E-state index in [0.29, 0.717) is 11.5 Å². The molecule has 0 heterocycles. The van der Waals surface area contributed by atoms with Crippen LogP contribution in [0.5, 0.6) is 5.75 Å². The number of hydrogen-bond donors (Lipinski definition) is 1. The first-order chi connectivity index (χ1) is 10.5. The van der Waals surface area contributed by atoms with Crippen molar-refractivity contribution in [2.75, 3.05) is 5.88 Å². The van der Waals surface area contributed by atoms with Gasteiger partial charge in [0.25, 0.3) is 0 Å².